The van der Waals surface area contributed by atoms with E-state index in [2.05, 4.69) is 41.5 Å². The van der Waals surface area contributed by atoms with Crippen molar-refractivity contribution in [3.05, 3.63) is 77.0 Å². The zero-order chi connectivity index (χ0) is 26.7. The minimum Gasteiger partial charge on any atom is -0.479 e. The van der Waals surface area contributed by atoms with E-state index in [1.165, 1.54) is 33.8 Å². The van der Waals surface area contributed by atoms with Crippen molar-refractivity contribution < 1.29 is 40.0 Å². The Kier molecular flexibility index (Phi) is 10.8. The summed E-state index contributed by atoms with van der Waals surface area (Å²) < 4.78 is 0. The standard InChI is InChI=1S/C21H23N3O2.C4H6O6/c1-15-18(19-4-2-3-5-20(19)23-15)12-13-22-14-17-8-6-16(7-9-17)10-11-21(25)24-26;5-1(3(7)8)2(6)4(9)10/h2-11,22-23,26H,12-14H2,1H3,(H,24,25);1-2,5-6H,(H,7,8)(H,9,10)/b11-10+;/t;1-,2-/m.0/s1. The number of carbonyl (C=O) groups excluding carboxylic acids is 1. The van der Waals surface area contributed by atoms with E-state index in [9.17, 15) is 14.4 Å². The average Bonchev–Trinajstić information content (AvgIpc) is 3.19. The topological polar surface area (TPSA) is 192 Å². The lowest BCUT2D eigenvalue weighted by molar-refractivity contribution is -0.165. The molecule has 0 unspecified atom stereocenters. The van der Waals surface area contributed by atoms with E-state index in [4.69, 9.17) is 25.6 Å². The normalized spacial score (nSPS) is 12.6. The first-order valence-corrected chi connectivity index (χ1v) is 10.9. The Labute approximate surface area is 206 Å². The predicted octanol–water partition coefficient (Wildman–Crippen LogP) is 1.20. The van der Waals surface area contributed by atoms with Crippen LogP contribution < -0.4 is 10.8 Å². The quantitative estimate of drug-likeness (QED) is 0.0876. The minimum absolute atomic E-state index is 0.539. The molecule has 3 rings (SSSR count). The van der Waals surface area contributed by atoms with Crippen molar-refractivity contribution in [2.75, 3.05) is 6.54 Å². The number of para-hydroxylation sites is 1. The van der Waals surface area contributed by atoms with Gasteiger partial charge in [0.15, 0.2) is 12.2 Å². The van der Waals surface area contributed by atoms with Crippen LogP contribution in [0.1, 0.15) is 22.4 Å². The van der Waals surface area contributed by atoms with Gasteiger partial charge in [0.25, 0.3) is 5.91 Å². The summed E-state index contributed by atoms with van der Waals surface area (Å²) in [4.78, 5) is 34.0. The van der Waals surface area contributed by atoms with Crippen LogP contribution in [-0.2, 0) is 27.3 Å². The molecule has 36 heavy (non-hydrogen) atoms. The van der Waals surface area contributed by atoms with Crippen LogP contribution >= 0.6 is 0 Å². The van der Waals surface area contributed by atoms with Gasteiger partial charge in [-0.2, -0.15) is 0 Å². The number of aliphatic hydroxyl groups excluding tert-OH is 2. The fourth-order valence-corrected chi connectivity index (χ4v) is 3.33. The summed E-state index contributed by atoms with van der Waals surface area (Å²) in [5, 5.41) is 45.8. The van der Waals surface area contributed by atoms with Crippen LogP contribution in [-0.4, -0.2) is 67.2 Å². The molecule has 1 heterocycles. The van der Waals surface area contributed by atoms with Crippen LogP contribution in [0.5, 0.6) is 0 Å². The number of rotatable bonds is 10. The molecule has 0 bridgehead atoms. The number of benzene rings is 2. The molecular weight excluding hydrogens is 470 g/mol. The smallest absolute Gasteiger partial charge is 0.335 e. The zero-order valence-corrected chi connectivity index (χ0v) is 19.5. The lowest BCUT2D eigenvalue weighted by atomic mass is 10.1. The van der Waals surface area contributed by atoms with Crippen LogP contribution in [0.3, 0.4) is 0 Å². The van der Waals surface area contributed by atoms with Gasteiger partial charge in [0.2, 0.25) is 0 Å². The number of carboxylic acids is 2. The van der Waals surface area contributed by atoms with Gasteiger partial charge < -0.3 is 30.7 Å². The van der Waals surface area contributed by atoms with E-state index in [0.717, 1.165) is 25.1 Å². The maximum absolute atomic E-state index is 11.0. The summed E-state index contributed by atoms with van der Waals surface area (Å²) in [7, 11) is 0. The number of fused-ring (bicyclic) bond motifs is 1. The Bertz CT molecular complexity index is 1190. The van der Waals surface area contributed by atoms with E-state index in [1.807, 2.05) is 24.3 Å². The average molecular weight is 500 g/mol. The molecule has 0 saturated carbocycles. The number of aliphatic hydroxyl groups is 2. The fourth-order valence-electron chi connectivity index (χ4n) is 3.33. The maximum atomic E-state index is 11.0. The van der Waals surface area contributed by atoms with E-state index in [-0.39, 0.29) is 0 Å². The minimum atomic E-state index is -2.27. The monoisotopic (exact) mass is 499 g/mol. The molecule has 2 atom stereocenters. The Morgan fingerprint density at radius 1 is 0.972 bits per heavy atom. The lowest BCUT2D eigenvalue weighted by Gasteiger charge is -2.07. The molecule has 192 valence electrons. The second kappa shape index (κ2) is 13.8. The van der Waals surface area contributed by atoms with Crippen molar-refractivity contribution in [3.8, 4) is 0 Å². The van der Waals surface area contributed by atoms with Crippen molar-refractivity contribution in [3.63, 3.8) is 0 Å². The molecule has 0 spiro atoms. The Hall–Kier alpha value is -4.03. The molecule has 0 aliphatic heterocycles. The van der Waals surface area contributed by atoms with E-state index in [0.29, 0.717) is 0 Å². The van der Waals surface area contributed by atoms with Crippen LogP contribution in [0.25, 0.3) is 17.0 Å². The lowest BCUT2D eigenvalue weighted by Crippen LogP contribution is -2.39. The molecule has 0 saturated heterocycles. The molecule has 1 aromatic heterocycles. The number of carboxylic acid groups (broad SMARTS) is 2. The van der Waals surface area contributed by atoms with Gasteiger partial charge in [-0.05, 0) is 48.7 Å². The zero-order valence-electron chi connectivity index (χ0n) is 19.5. The number of hydrogen-bond donors (Lipinski definition) is 8. The number of hydrogen-bond acceptors (Lipinski definition) is 7. The van der Waals surface area contributed by atoms with Crippen LogP contribution in [0.2, 0.25) is 0 Å². The van der Waals surface area contributed by atoms with Crippen molar-refractivity contribution in [1.29, 1.82) is 0 Å². The van der Waals surface area contributed by atoms with Gasteiger partial charge in [-0.15, -0.1) is 0 Å². The molecule has 0 aliphatic rings. The first-order chi connectivity index (χ1) is 17.1. The summed E-state index contributed by atoms with van der Waals surface area (Å²) in [6.07, 6.45) is -0.610. The largest absolute Gasteiger partial charge is 0.479 e. The number of aromatic nitrogens is 1. The SMILES string of the molecule is Cc1[nH]c2ccccc2c1CCNCc1ccc(/C=C/C(=O)NO)cc1.O=C(O)[C@@H](O)[C@H](O)C(=O)O. The third-order valence-electron chi connectivity index (χ3n) is 5.23. The van der Waals surface area contributed by atoms with Gasteiger partial charge in [-0.1, -0.05) is 42.5 Å². The van der Waals surface area contributed by atoms with E-state index in [1.54, 1.807) is 11.6 Å². The van der Waals surface area contributed by atoms with Crippen LogP contribution in [0.15, 0.2) is 54.6 Å². The van der Waals surface area contributed by atoms with Gasteiger partial charge in [-0.3, -0.25) is 10.0 Å². The predicted molar refractivity (Wildman–Crippen MR) is 131 cm³/mol. The Morgan fingerprint density at radius 3 is 2.17 bits per heavy atom. The number of nitrogens with one attached hydrogen (secondary N) is 3. The Balaban J connectivity index is 0.000000388. The van der Waals surface area contributed by atoms with Crippen LogP contribution in [0.4, 0.5) is 0 Å². The van der Waals surface area contributed by atoms with E-state index < -0.39 is 30.1 Å². The number of H-pyrrole nitrogens is 1. The fraction of sp³-hybridized carbons (Fsp3) is 0.240. The highest BCUT2D eigenvalue weighted by molar-refractivity contribution is 5.90. The first-order valence-electron chi connectivity index (χ1n) is 10.9. The highest BCUT2D eigenvalue weighted by Gasteiger charge is 2.29. The van der Waals surface area contributed by atoms with Crippen molar-refractivity contribution in [1.82, 2.24) is 15.8 Å². The molecule has 0 radical (unpaired) electrons. The third kappa shape index (κ3) is 8.32. The van der Waals surface area contributed by atoms with Crippen molar-refractivity contribution in [2.24, 2.45) is 0 Å². The van der Waals surface area contributed by atoms with Gasteiger partial charge >= 0.3 is 11.9 Å². The summed E-state index contributed by atoms with van der Waals surface area (Å²) >= 11 is 0. The number of aryl methyl sites for hydroxylation is 1. The number of amides is 1. The highest BCUT2D eigenvalue weighted by Crippen LogP contribution is 2.21. The highest BCUT2D eigenvalue weighted by atomic mass is 16.5. The van der Waals surface area contributed by atoms with E-state index >= 15 is 0 Å². The first kappa shape index (κ1) is 28.2. The third-order valence-corrected chi connectivity index (χ3v) is 5.23. The number of aromatic amines is 1. The number of hydroxylamine groups is 1. The van der Waals surface area contributed by atoms with Crippen molar-refractivity contribution in [2.45, 2.75) is 32.1 Å². The molecule has 11 nitrogen and oxygen atoms in total. The molecule has 0 fully saturated rings. The number of carbonyl (C=O) groups is 3. The van der Waals surface area contributed by atoms with Crippen molar-refractivity contribution >= 4 is 34.8 Å². The molecule has 2 aromatic carbocycles. The maximum Gasteiger partial charge on any atom is 0.335 e. The second-order valence-corrected chi connectivity index (χ2v) is 7.82. The summed E-state index contributed by atoms with van der Waals surface area (Å²) in [6, 6.07) is 16.4. The molecule has 1 amide bonds. The summed E-state index contributed by atoms with van der Waals surface area (Å²) in [6.45, 7) is 3.82. The number of aliphatic carboxylic acids is 2. The molecule has 8 N–H and O–H groups in total. The van der Waals surface area contributed by atoms with Crippen LogP contribution in [0, 0.1) is 6.92 Å². The summed E-state index contributed by atoms with van der Waals surface area (Å²) in [5.74, 6) is -4.08. The van der Waals surface area contributed by atoms with Gasteiger partial charge in [0.05, 0.1) is 0 Å². The summed E-state index contributed by atoms with van der Waals surface area (Å²) in [5.41, 5.74) is 7.46. The molecule has 0 aliphatic carbocycles. The second-order valence-electron chi connectivity index (χ2n) is 7.82. The molecular formula is C25H29N3O8. The van der Waals surface area contributed by atoms with Gasteiger partial charge in [-0.25, -0.2) is 15.1 Å². The molecule has 3 aromatic rings. The molecule has 11 heteroatoms. The van der Waals surface area contributed by atoms with Gasteiger partial charge in [0, 0.05) is 29.2 Å². The Morgan fingerprint density at radius 2 is 1.58 bits per heavy atom. The van der Waals surface area contributed by atoms with Gasteiger partial charge in [0.1, 0.15) is 0 Å².